The maximum atomic E-state index is 13.0. The van der Waals surface area contributed by atoms with E-state index in [1.165, 1.54) is 36.6 Å². The van der Waals surface area contributed by atoms with Gasteiger partial charge in [-0.2, -0.15) is 8.42 Å². The third kappa shape index (κ3) is 3.85. The lowest BCUT2D eigenvalue weighted by atomic mass is 10.2. The van der Waals surface area contributed by atoms with E-state index in [2.05, 4.69) is 4.98 Å². The summed E-state index contributed by atoms with van der Waals surface area (Å²) in [5, 5.41) is 0. The highest BCUT2D eigenvalue weighted by Crippen LogP contribution is 2.31. The standard InChI is InChI=1S/C24H18N2O5S2/c1-15-7-10-17(11-8-15)33(28,29)31-20-12-9-16(13-21(20)30-2)14-22-23(27)26-19-6-4-3-5-18(19)25-24(26)32-22/h3-14H,1-2H3/b22-14-. The zero-order valence-corrected chi connectivity index (χ0v) is 19.3. The molecular weight excluding hydrogens is 460 g/mol. The van der Waals surface area contributed by atoms with Crippen molar-refractivity contribution in [2.75, 3.05) is 7.11 Å². The number of para-hydroxylation sites is 2. The van der Waals surface area contributed by atoms with Crippen LogP contribution in [0.1, 0.15) is 11.1 Å². The van der Waals surface area contributed by atoms with Gasteiger partial charge in [-0.05, 0) is 55.0 Å². The van der Waals surface area contributed by atoms with Crippen LogP contribution < -0.4 is 19.0 Å². The summed E-state index contributed by atoms with van der Waals surface area (Å²) in [4.78, 5) is 18.1. The zero-order valence-electron chi connectivity index (χ0n) is 17.7. The molecule has 0 atom stereocenters. The summed E-state index contributed by atoms with van der Waals surface area (Å²) >= 11 is 1.29. The summed E-state index contributed by atoms with van der Waals surface area (Å²) in [5.41, 5.74) is 2.97. The van der Waals surface area contributed by atoms with Crippen LogP contribution in [0.25, 0.3) is 22.1 Å². The van der Waals surface area contributed by atoms with E-state index in [0.29, 0.717) is 15.1 Å². The number of hydrogen-bond acceptors (Lipinski definition) is 7. The molecule has 0 saturated heterocycles. The van der Waals surface area contributed by atoms with Crippen molar-refractivity contribution < 1.29 is 17.3 Å². The van der Waals surface area contributed by atoms with Crippen LogP contribution in [-0.2, 0) is 10.1 Å². The Morgan fingerprint density at radius 2 is 1.76 bits per heavy atom. The van der Waals surface area contributed by atoms with Gasteiger partial charge in [0.1, 0.15) is 4.90 Å². The second kappa shape index (κ2) is 8.02. The first-order valence-corrected chi connectivity index (χ1v) is 12.2. The third-order valence-corrected chi connectivity index (χ3v) is 7.36. The Morgan fingerprint density at radius 3 is 2.52 bits per heavy atom. The van der Waals surface area contributed by atoms with Crippen molar-refractivity contribution in [2.45, 2.75) is 11.8 Å². The molecule has 0 bridgehead atoms. The van der Waals surface area contributed by atoms with E-state index >= 15 is 0 Å². The first kappa shape index (κ1) is 21.2. The number of nitrogens with zero attached hydrogens (tertiary/aromatic N) is 2. The molecule has 0 unspecified atom stereocenters. The first-order valence-electron chi connectivity index (χ1n) is 9.97. The van der Waals surface area contributed by atoms with Gasteiger partial charge in [-0.25, -0.2) is 9.38 Å². The number of thiazole rings is 1. The van der Waals surface area contributed by atoms with Crippen LogP contribution in [0.4, 0.5) is 0 Å². The summed E-state index contributed by atoms with van der Waals surface area (Å²) in [6, 6.07) is 18.7. The lowest BCUT2D eigenvalue weighted by molar-refractivity contribution is 0.390. The second-order valence-electron chi connectivity index (χ2n) is 7.40. The van der Waals surface area contributed by atoms with E-state index in [1.54, 1.807) is 34.7 Å². The number of fused-ring (bicyclic) bond motifs is 3. The summed E-state index contributed by atoms with van der Waals surface area (Å²) in [5.74, 6) is 0.295. The van der Waals surface area contributed by atoms with Crippen molar-refractivity contribution in [2.24, 2.45) is 0 Å². The highest BCUT2D eigenvalue weighted by molar-refractivity contribution is 7.87. The average Bonchev–Trinajstić information content (AvgIpc) is 3.31. The predicted octanol–water partition coefficient (Wildman–Crippen LogP) is 3.54. The molecule has 0 fully saturated rings. The highest BCUT2D eigenvalue weighted by Gasteiger charge is 2.19. The number of aryl methyl sites for hydroxylation is 1. The molecular formula is C24H18N2O5S2. The van der Waals surface area contributed by atoms with E-state index in [9.17, 15) is 13.2 Å². The minimum Gasteiger partial charge on any atom is -0.493 e. The van der Waals surface area contributed by atoms with Gasteiger partial charge in [0.25, 0.3) is 5.56 Å². The summed E-state index contributed by atoms with van der Waals surface area (Å²) in [6.07, 6.45) is 1.72. The molecule has 5 rings (SSSR count). The molecule has 3 aromatic carbocycles. The molecule has 0 amide bonds. The van der Waals surface area contributed by atoms with Gasteiger partial charge in [0.05, 0.1) is 22.7 Å². The molecule has 2 heterocycles. The fourth-order valence-electron chi connectivity index (χ4n) is 3.48. The number of ether oxygens (including phenoxy) is 1. The van der Waals surface area contributed by atoms with E-state index in [4.69, 9.17) is 8.92 Å². The Balaban J connectivity index is 1.52. The normalized spacial score (nSPS) is 12.5. The zero-order chi connectivity index (χ0) is 23.2. The quantitative estimate of drug-likeness (QED) is 0.359. The van der Waals surface area contributed by atoms with Crippen LogP contribution in [0.5, 0.6) is 11.5 Å². The molecule has 0 saturated carbocycles. The van der Waals surface area contributed by atoms with E-state index in [-0.39, 0.29) is 22.0 Å². The lowest BCUT2D eigenvalue weighted by Crippen LogP contribution is -2.22. The molecule has 0 aliphatic rings. The molecule has 9 heteroatoms. The minimum atomic E-state index is -4.02. The Morgan fingerprint density at radius 1 is 1.00 bits per heavy atom. The second-order valence-corrected chi connectivity index (χ2v) is 9.95. The Kier molecular flexibility index (Phi) is 5.15. The molecule has 0 N–H and O–H groups in total. The van der Waals surface area contributed by atoms with Crippen LogP contribution >= 0.6 is 11.3 Å². The first-order chi connectivity index (χ1) is 15.9. The number of benzene rings is 3. The van der Waals surface area contributed by atoms with Crippen LogP contribution in [0.3, 0.4) is 0 Å². The third-order valence-electron chi connectivity index (χ3n) is 5.14. The number of hydrogen-bond donors (Lipinski definition) is 0. The molecule has 5 aromatic rings. The smallest absolute Gasteiger partial charge is 0.339 e. The van der Waals surface area contributed by atoms with Gasteiger partial charge in [-0.1, -0.05) is 47.2 Å². The number of rotatable bonds is 5. The SMILES string of the molecule is COc1cc(/C=c2\sc3nc4ccccc4n3c2=O)ccc1OS(=O)(=O)c1ccc(C)cc1. The monoisotopic (exact) mass is 478 g/mol. The fraction of sp³-hybridized carbons (Fsp3) is 0.0833. The topological polar surface area (TPSA) is 87.0 Å². The van der Waals surface area contributed by atoms with E-state index < -0.39 is 10.1 Å². The number of methoxy groups -OCH3 is 1. The lowest BCUT2D eigenvalue weighted by Gasteiger charge is -2.11. The summed E-state index contributed by atoms with van der Waals surface area (Å²) in [7, 11) is -2.60. The Labute approximate surface area is 193 Å². The maximum Gasteiger partial charge on any atom is 0.339 e. The predicted molar refractivity (Wildman–Crippen MR) is 128 cm³/mol. The van der Waals surface area contributed by atoms with E-state index in [0.717, 1.165) is 16.6 Å². The summed E-state index contributed by atoms with van der Waals surface area (Å²) in [6.45, 7) is 1.87. The van der Waals surface area contributed by atoms with Gasteiger partial charge < -0.3 is 8.92 Å². The van der Waals surface area contributed by atoms with Gasteiger partial charge in [-0.3, -0.25) is 4.79 Å². The van der Waals surface area contributed by atoms with E-state index in [1.807, 2.05) is 31.2 Å². The largest absolute Gasteiger partial charge is 0.493 e. The van der Waals surface area contributed by atoms with Crippen molar-refractivity contribution in [1.29, 1.82) is 0 Å². The molecule has 7 nitrogen and oxygen atoms in total. The minimum absolute atomic E-state index is 0.0518. The van der Waals surface area contributed by atoms with Crippen LogP contribution in [0, 0.1) is 6.92 Å². The molecule has 0 radical (unpaired) electrons. The molecule has 0 aliphatic heterocycles. The van der Waals surface area contributed by atoms with Crippen molar-refractivity contribution in [1.82, 2.24) is 9.38 Å². The van der Waals surface area contributed by atoms with Crippen LogP contribution in [0.2, 0.25) is 0 Å². The number of imidazole rings is 1. The van der Waals surface area contributed by atoms with Crippen LogP contribution in [-0.4, -0.2) is 24.9 Å². The van der Waals surface area contributed by atoms with Gasteiger partial charge in [-0.15, -0.1) is 0 Å². The van der Waals surface area contributed by atoms with Crippen molar-refractivity contribution >= 4 is 43.5 Å². The van der Waals surface area contributed by atoms with Gasteiger partial charge in [0.15, 0.2) is 16.5 Å². The van der Waals surface area contributed by atoms with Crippen molar-refractivity contribution in [3.8, 4) is 11.5 Å². The molecule has 0 spiro atoms. The average molecular weight is 479 g/mol. The highest BCUT2D eigenvalue weighted by atomic mass is 32.2. The van der Waals surface area contributed by atoms with Gasteiger partial charge >= 0.3 is 10.1 Å². The fourth-order valence-corrected chi connectivity index (χ4v) is 5.40. The van der Waals surface area contributed by atoms with Crippen LogP contribution in [0.15, 0.2) is 76.4 Å². The Hall–Kier alpha value is -3.69. The van der Waals surface area contributed by atoms with Gasteiger partial charge in [0, 0.05) is 0 Å². The molecule has 33 heavy (non-hydrogen) atoms. The molecule has 166 valence electrons. The maximum absolute atomic E-state index is 13.0. The van der Waals surface area contributed by atoms with Crippen molar-refractivity contribution in [3.05, 3.63) is 92.7 Å². The number of aromatic nitrogens is 2. The molecule has 2 aromatic heterocycles. The summed E-state index contributed by atoms with van der Waals surface area (Å²) < 4.78 is 38.1. The van der Waals surface area contributed by atoms with Gasteiger partial charge in [0.2, 0.25) is 0 Å². The van der Waals surface area contributed by atoms with Crippen molar-refractivity contribution in [3.63, 3.8) is 0 Å². The molecule has 0 aliphatic carbocycles. The Bertz CT molecular complexity index is 1720.